The Hall–Kier alpha value is -1.82. The molecule has 1 rings (SSSR count). The van der Waals surface area contributed by atoms with Crippen LogP contribution < -0.4 is 5.32 Å². The SMILES string of the molecule is CC(C)(CCNc1ccc(Cl)cc1[N+](=O)[O-])CCC(=O)O. The molecule has 0 radical (unpaired) electrons. The maximum absolute atomic E-state index is 11.0. The minimum atomic E-state index is -0.815. The van der Waals surface area contributed by atoms with E-state index in [1.807, 2.05) is 13.8 Å². The largest absolute Gasteiger partial charge is 0.481 e. The van der Waals surface area contributed by atoms with Crippen LogP contribution in [-0.4, -0.2) is 22.5 Å². The summed E-state index contributed by atoms with van der Waals surface area (Å²) in [5.74, 6) is -0.815. The Bertz CT molecular complexity index is 532. The number of nitro benzene ring substituents is 1. The molecule has 7 heteroatoms. The molecular weight excluding hydrogens is 296 g/mol. The van der Waals surface area contributed by atoms with Crippen molar-refractivity contribution in [1.29, 1.82) is 0 Å². The van der Waals surface area contributed by atoms with E-state index in [0.29, 0.717) is 30.1 Å². The first-order valence-electron chi connectivity index (χ1n) is 6.61. The molecule has 0 spiro atoms. The molecule has 0 unspecified atom stereocenters. The molecule has 0 amide bonds. The van der Waals surface area contributed by atoms with E-state index in [4.69, 9.17) is 16.7 Å². The average Bonchev–Trinajstić information content (AvgIpc) is 2.38. The molecule has 1 aromatic carbocycles. The lowest BCUT2D eigenvalue weighted by Crippen LogP contribution is -2.18. The number of anilines is 1. The minimum Gasteiger partial charge on any atom is -0.481 e. The highest BCUT2D eigenvalue weighted by atomic mass is 35.5. The van der Waals surface area contributed by atoms with E-state index >= 15 is 0 Å². The van der Waals surface area contributed by atoms with E-state index in [0.717, 1.165) is 0 Å². The lowest BCUT2D eigenvalue weighted by Gasteiger charge is -2.24. The highest BCUT2D eigenvalue weighted by molar-refractivity contribution is 6.30. The number of carbonyl (C=O) groups is 1. The summed E-state index contributed by atoms with van der Waals surface area (Å²) in [4.78, 5) is 21.1. The maximum atomic E-state index is 11.0. The molecule has 116 valence electrons. The van der Waals surface area contributed by atoms with Gasteiger partial charge in [-0.15, -0.1) is 0 Å². The van der Waals surface area contributed by atoms with Gasteiger partial charge in [0.15, 0.2) is 0 Å². The third-order valence-electron chi connectivity index (χ3n) is 3.29. The fourth-order valence-corrected chi connectivity index (χ4v) is 2.08. The third-order valence-corrected chi connectivity index (χ3v) is 3.52. The van der Waals surface area contributed by atoms with Gasteiger partial charge in [0.2, 0.25) is 0 Å². The monoisotopic (exact) mass is 314 g/mol. The van der Waals surface area contributed by atoms with Crippen LogP contribution in [0, 0.1) is 15.5 Å². The third kappa shape index (κ3) is 5.99. The molecule has 0 atom stereocenters. The van der Waals surface area contributed by atoms with Crippen molar-refractivity contribution in [1.82, 2.24) is 0 Å². The summed E-state index contributed by atoms with van der Waals surface area (Å²) < 4.78 is 0. The Morgan fingerprint density at radius 3 is 2.67 bits per heavy atom. The summed E-state index contributed by atoms with van der Waals surface area (Å²) in [6.07, 6.45) is 1.39. The second-order valence-corrected chi connectivity index (χ2v) is 6.09. The van der Waals surface area contributed by atoms with Crippen molar-refractivity contribution < 1.29 is 14.8 Å². The number of rotatable bonds is 8. The van der Waals surface area contributed by atoms with Gasteiger partial charge in [-0.25, -0.2) is 0 Å². The lowest BCUT2D eigenvalue weighted by atomic mass is 9.84. The standard InChI is InChI=1S/C14H19ClN2O4/c1-14(2,6-5-13(18)19)7-8-16-11-4-3-10(15)9-12(11)17(20)21/h3-4,9,16H,5-8H2,1-2H3,(H,18,19). The smallest absolute Gasteiger partial charge is 0.303 e. The number of nitrogens with zero attached hydrogens (tertiary/aromatic N) is 1. The van der Waals surface area contributed by atoms with E-state index in [-0.39, 0.29) is 17.5 Å². The summed E-state index contributed by atoms with van der Waals surface area (Å²) in [5, 5.41) is 23.0. The second-order valence-electron chi connectivity index (χ2n) is 5.65. The molecule has 0 saturated heterocycles. The van der Waals surface area contributed by atoms with Crippen LogP contribution >= 0.6 is 11.6 Å². The minimum absolute atomic E-state index is 0.0640. The average molecular weight is 315 g/mol. The van der Waals surface area contributed by atoms with Crippen molar-refractivity contribution in [2.24, 2.45) is 5.41 Å². The van der Waals surface area contributed by atoms with Crippen LogP contribution in [0.5, 0.6) is 0 Å². The number of nitrogens with one attached hydrogen (secondary N) is 1. The van der Waals surface area contributed by atoms with Crippen LogP contribution in [-0.2, 0) is 4.79 Å². The number of aliphatic carboxylic acids is 1. The summed E-state index contributed by atoms with van der Waals surface area (Å²) in [6, 6.07) is 4.47. The fraction of sp³-hybridized carbons (Fsp3) is 0.500. The number of nitro groups is 1. The maximum Gasteiger partial charge on any atom is 0.303 e. The van der Waals surface area contributed by atoms with Gasteiger partial charge < -0.3 is 10.4 Å². The summed E-state index contributed by atoms with van der Waals surface area (Å²) in [7, 11) is 0. The molecule has 0 aliphatic rings. The number of benzene rings is 1. The highest BCUT2D eigenvalue weighted by Gasteiger charge is 2.20. The highest BCUT2D eigenvalue weighted by Crippen LogP contribution is 2.30. The number of carboxylic acid groups (broad SMARTS) is 1. The van der Waals surface area contributed by atoms with Gasteiger partial charge in [0.05, 0.1) is 4.92 Å². The topological polar surface area (TPSA) is 92.5 Å². The van der Waals surface area contributed by atoms with Crippen molar-refractivity contribution in [2.45, 2.75) is 33.1 Å². The normalized spacial score (nSPS) is 11.2. The van der Waals surface area contributed by atoms with Gasteiger partial charge in [0.1, 0.15) is 5.69 Å². The van der Waals surface area contributed by atoms with E-state index in [1.54, 1.807) is 12.1 Å². The molecule has 0 fully saturated rings. The molecule has 0 heterocycles. The Morgan fingerprint density at radius 1 is 1.43 bits per heavy atom. The Morgan fingerprint density at radius 2 is 2.10 bits per heavy atom. The summed E-state index contributed by atoms with van der Waals surface area (Å²) in [6.45, 7) is 4.48. The lowest BCUT2D eigenvalue weighted by molar-refractivity contribution is -0.383. The van der Waals surface area contributed by atoms with E-state index in [9.17, 15) is 14.9 Å². The van der Waals surface area contributed by atoms with Crippen molar-refractivity contribution in [2.75, 3.05) is 11.9 Å². The van der Waals surface area contributed by atoms with E-state index < -0.39 is 10.9 Å². The quantitative estimate of drug-likeness (QED) is 0.560. The van der Waals surface area contributed by atoms with Crippen LogP contribution in [0.25, 0.3) is 0 Å². The predicted octanol–water partition coefficient (Wildman–Crippen LogP) is 3.94. The van der Waals surface area contributed by atoms with Crippen LogP contribution in [0.15, 0.2) is 18.2 Å². The molecule has 0 aromatic heterocycles. The fourth-order valence-electron chi connectivity index (χ4n) is 1.91. The van der Waals surface area contributed by atoms with Gasteiger partial charge in [-0.05, 0) is 30.4 Å². The molecule has 1 aromatic rings. The Balaban J connectivity index is 2.60. The molecule has 0 bridgehead atoms. The van der Waals surface area contributed by atoms with E-state index in [2.05, 4.69) is 5.32 Å². The molecule has 2 N–H and O–H groups in total. The van der Waals surface area contributed by atoms with E-state index in [1.165, 1.54) is 6.07 Å². The molecule has 0 saturated carbocycles. The van der Waals surface area contributed by atoms with Crippen molar-refractivity contribution in [3.63, 3.8) is 0 Å². The molecule has 0 aliphatic heterocycles. The van der Waals surface area contributed by atoms with Gasteiger partial charge in [-0.2, -0.15) is 0 Å². The van der Waals surface area contributed by atoms with Crippen molar-refractivity contribution in [3.8, 4) is 0 Å². The Kier molecular flexibility index (Phi) is 5.96. The first kappa shape index (κ1) is 17.2. The van der Waals surface area contributed by atoms with Gasteiger partial charge in [0.25, 0.3) is 5.69 Å². The zero-order chi connectivity index (χ0) is 16.0. The van der Waals surface area contributed by atoms with Crippen LogP contribution in [0.1, 0.15) is 33.1 Å². The number of halogens is 1. The first-order chi connectivity index (χ1) is 9.71. The zero-order valence-electron chi connectivity index (χ0n) is 12.1. The molecule has 6 nitrogen and oxygen atoms in total. The molecule has 21 heavy (non-hydrogen) atoms. The van der Waals surface area contributed by atoms with Gasteiger partial charge in [-0.3, -0.25) is 14.9 Å². The van der Waals surface area contributed by atoms with Gasteiger partial charge in [-0.1, -0.05) is 25.4 Å². The van der Waals surface area contributed by atoms with Gasteiger partial charge >= 0.3 is 5.97 Å². The summed E-state index contributed by atoms with van der Waals surface area (Å²) in [5.41, 5.74) is 0.205. The number of carboxylic acids is 1. The van der Waals surface area contributed by atoms with Crippen LogP contribution in [0.2, 0.25) is 5.02 Å². The molecule has 0 aliphatic carbocycles. The van der Waals surface area contributed by atoms with Gasteiger partial charge in [0, 0.05) is 24.1 Å². The predicted molar refractivity (Wildman–Crippen MR) is 81.9 cm³/mol. The van der Waals surface area contributed by atoms with Crippen LogP contribution in [0.4, 0.5) is 11.4 Å². The van der Waals surface area contributed by atoms with Crippen LogP contribution in [0.3, 0.4) is 0 Å². The molecular formula is C14H19ClN2O4. The van der Waals surface area contributed by atoms with Crippen molar-refractivity contribution >= 4 is 28.9 Å². The van der Waals surface area contributed by atoms with Crippen molar-refractivity contribution in [3.05, 3.63) is 33.3 Å². The Labute approximate surface area is 128 Å². The zero-order valence-corrected chi connectivity index (χ0v) is 12.8. The first-order valence-corrected chi connectivity index (χ1v) is 6.99. The number of hydrogen-bond donors (Lipinski definition) is 2. The summed E-state index contributed by atoms with van der Waals surface area (Å²) >= 11 is 5.75. The second kappa shape index (κ2) is 7.26. The number of hydrogen-bond acceptors (Lipinski definition) is 4.